The van der Waals surface area contributed by atoms with E-state index in [1.54, 1.807) is 18.4 Å². The molecule has 0 aliphatic heterocycles. The second-order valence-corrected chi connectivity index (χ2v) is 8.14. The molecule has 1 aromatic heterocycles. The van der Waals surface area contributed by atoms with E-state index in [1.165, 1.54) is 0 Å². The Kier molecular flexibility index (Phi) is 6.87. The molecule has 0 aliphatic rings. The molecule has 3 rings (SSSR count). The van der Waals surface area contributed by atoms with Gasteiger partial charge in [0.25, 0.3) is 5.91 Å². The maximum atomic E-state index is 13.6. The molecule has 0 fully saturated rings. The lowest BCUT2D eigenvalue weighted by Gasteiger charge is -2.25. The van der Waals surface area contributed by atoms with Gasteiger partial charge in [-0.1, -0.05) is 42.9 Å². The number of thiazole rings is 1. The molecule has 2 aromatic carbocycles. The van der Waals surface area contributed by atoms with Gasteiger partial charge < -0.3 is 9.64 Å². The number of likely N-dealkylation sites (N-methyl/N-ethyl adjacent to an activating group) is 1. The molecule has 1 heterocycles. The topological polar surface area (TPSA) is 45.7 Å². The number of rotatable bonds is 8. The van der Waals surface area contributed by atoms with Crippen LogP contribution in [0, 0.1) is 13.8 Å². The van der Waals surface area contributed by atoms with Crippen molar-refractivity contribution in [3.8, 4) is 5.75 Å². The summed E-state index contributed by atoms with van der Waals surface area (Å²) in [4.78, 5) is 22.5. The van der Waals surface area contributed by atoms with E-state index in [2.05, 4.69) is 18.7 Å². The van der Waals surface area contributed by atoms with Crippen LogP contribution in [0.3, 0.4) is 0 Å². The minimum Gasteiger partial charge on any atom is -0.497 e. The zero-order chi connectivity index (χ0) is 21.0. The minimum absolute atomic E-state index is 0.00405. The fourth-order valence-corrected chi connectivity index (χ4v) is 4.28. The number of carbonyl (C=O) groups excluding carboxylic acids is 1. The fourth-order valence-electron chi connectivity index (χ4n) is 3.31. The number of amides is 1. The van der Waals surface area contributed by atoms with Gasteiger partial charge in [0.2, 0.25) is 0 Å². The maximum Gasteiger partial charge on any atom is 0.260 e. The van der Waals surface area contributed by atoms with Crippen LogP contribution in [0.4, 0.5) is 5.13 Å². The SMILES string of the molecule is CCN(CC)CCN(C(=O)c1cc(C)ccc1C)c1nc2cc(OC)ccc2s1. The lowest BCUT2D eigenvalue weighted by molar-refractivity contribution is 0.0983. The molecule has 0 radical (unpaired) electrons. The number of hydrogen-bond donors (Lipinski definition) is 0. The van der Waals surface area contributed by atoms with E-state index in [9.17, 15) is 4.79 Å². The van der Waals surface area contributed by atoms with Crippen molar-refractivity contribution in [3.63, 3.8) is 0 Å². The third kappa shape index (κ3) is 4.77. The number of aromatic nitrogens is 1. The van der Waals surface area contributed by atoms with Crippen molar-refractivity contribution in [3.05, 3.63) is 53.1 Å². The van der Waals surface area contributed by atoms with E-state index < -0.39 is 0 Å². The van der Waals surface area contributed by atoms with Crippen molar-refractivity contribution in [1.29, 1.82) is 0 Å². The van der Waals surface area contributed by atoms with Gasteiger partial charge in [-0.15, -0.1) is 0 Å². The summed E-state index contributed by atoms with van der Waals surface area (Å²) >= 11 is 1.54. The van der Waals surface area contributed by atoms with E-state index in [4.69, 9.17) is 9.72 Å². The summed E-state index contributed by atoms with van der Waals surface area (Å²) in [7, 11) is 1.65. The van der Waals surface area contributed by atoms with Crippen molar-refractivity contribution >= 4 is 32.6 Å². The summed E-state index contributed by atoms with van der Waals surface area (Å²) < 4.78 is 6.37. The van der Waals surface area contributed by atoms with Crippen LogP contribution in [-0.2, 0) is 0 Å². The van der Waals surface area contributed by atoms with Gasteiger partial charge in [0.1, 0.15) is 5.75 Å². The number of carbonyl (C=O) groups is 1. The van der Waals surface area contributed by atoms with E-state index in [0.29, 0.717) is 6.54 Å². The first kappa shape index (κ1) is 21.3. The molecule has 0 spiro atoms. The Morgan fingerprint density at radius 1 is 1.07 bits per heavy atom. The minimum atomic E-state index is 0.00405. The number of hydrogen-bond acceptors (Lipinski definition) is 5. The average Bonchev–Trinajstić information content (AvgIpc) is 3.15. The monoisotopic (exact) mass is 411 g/mol. The Morgan fingerprint density at radius 2 is 1.83 bits per heavy atom. The first-order valence-corrected chi connectivity index (χ1v) is 10.8. The van der Waals surface area contributed by atoms with Crippen LogP contribution in [0.25, 0.3) is 10.2 Å². The summed E-state index contributed by atoms with van der Waals surface area (Å²) in [6, 6.07) is 11.9. The zero-order valence-electron chi connectivity index (χ0n) is 17.9. The smallest absolute Gasteiger partial charge is 0.260 e. The van der Waals surface area contributed by atoms with Crippen LogP contribution in [0.5, 0.6) is 5.75 Å². The quantitative estimate of drug-likeness (QED) is 0.528. The Balaban J connectivity index is 2.00. The highest BCUT2D eigenvalue weighted by molar-refractivity contribution is 7.22. The van der Waals surface area contributed by atoms with Crippen molar-refractivity contribution in [2.75, 3.05) is 38.2 Å². The molecule has 0 N–H and O–H groups in total. The largest absolute Gasteiger partial charge is 0.497 e. The van der Waals surface area contributed by atoms with Gasteiger partial charge in [-0.3, -0.25) is 9.69 Å². The number of ether oxygens (including phenoxy) is 1. The van der Waals surface area contributed by atoms with Gasteiger partial charge in [0.15, 0.2) is 5.13 Å². The molecule has 5 nitrogen and oxygen atoms in total. The van der Waals surface area contributed by atoms with Gasteiger partial charge in [-0.2, -0.15) is 0 Å². The lowest BCUT2D eigenvalue weighted by Crippen LogP contribution is -2.39. The van der Waals surface area contributed by atoms with Crippen molar-refractivity contribution in [2.45, 2.75) is 27.7 Å². The molecule has 0 saturated carbocycles. The molecule has 0 bridgehead atoms. The molecule has 6 heteroatoms. The van der Waals surface area contributed by atoms with Crippen LogP contribution in [0.15, 0.2) is 36.4 Å². The van der Waals surface area contributed by atoms with Gasteiger partial charge in [0, 0.05) is 24.7 Å². The van der Waals surface area contributed by atoms with E-state index in [1.807, 2.05) is 55.1 Å². The van der Waals surface area contributed by atoms with Crippen LogP contribution >= 0.6 is 11.3 Å². The summed E-state index contributed by atoms with van der Waals surface area (Å²) in [5.74, 6) is 0.772. The van der Waals surface area contributed by atoms with Crippen molar-refractivity contribution in [2.24, 2.45) is 0 Å². The third-order valence-corrected chi connectivity index (χ3v) is 6.28. The number of aryl methyl sites for hydroxylation is 2. The highest BCUT2D eigenvalue weighted by Gasteiger charge is 2.23. The molecule has 154 valence electrons. The first-order valence-electron chi connectivity index (χ1n) is 10.0. The van der Waals surface area contributed by atoms with Crippen LogP contribution in [0.2, 0.25) is 0 Å². The molecular formula is C23H29N3O2S. The lowest BCUT2D eigenvalue weighted by atomic mass is 10.0. The molecular weight excluding hydrogens is 382 g/mol. The van der Waals surface area contributed by atoms with Crippen LogP contribution < -0.4 is 9.64 Å². The number of anilines is 1. The molecule has 29 heavy (non-hydrogen) atoms. The summed E-state index contributed by atoms with van der Waals surface area (Å²) in [5, 5.41) is 0.728. The molecule has 3 aromatic rings. The predicted octanol–water partition coefficient (Wildman–Crippen LogP) is 4.91. The summed E-state index contributed by atoms with van der Waals surface area (Å²) in [6.45, 7) is 11.6. The first-order chi connectivity index (χ1) is 14.0. The van der Waals surface area contributed by atoms with Gasteiger partial charge in [-0.25, -0.2) is 4.98 Å². The highest BCUT2D eigenvalue weighted by Crippen LogP contribution is 2.32. The molecule has 0 atom stereocenters. The van der Waals surface area contributed by atoms with E-state index in [-0.39, 0.29) is 5.91 Å². The molecule has 0 saturated heterocycles. The third-order valence-electron chi connectivity index (χ3n) is 5.22. The number of nitrogens with zero attached hydrogens (tertiary/aromatic N) is 3. The van der Waals surface area contributed by atoms with Gasteiger partial charge in [0.05, 0.1) is 17.3 Å². The number of benzene rings is 2. The normalized spacial score (nSPS) is 11.2. The highest BCUT2D eigenvalue weighted by atomic mass is 32.1. The van der Waals surface area contributed by atoms with Crippen LogP contribution in [-0.4, -0.2) is 49.1 Å². The van der Waals surface area contributed by atoms with Gasteiger partial charge in [-0.05, 0) is 50.7 Å². The number of fused-ring (bicyclic) bond motifs is 1. The Hall–Kier alpha value is -2.44. The van der Waals surface area contributed by atoms with E-state index in [0.717, 1.165) is 57.4 Å². The Labute approximate surface area is 176 Å². The molecule has 0 aliphatic carbocycles. The van der Waals surface area contributed by atoms with Gasteiger partial charge >= 0.3 is 0 Å². The van der Waals surface area contributed by atoms with Crippen LogP contribution in [0.1, 0.15) is 35.3 Å². The van der Waals surface area contributed by atoms with Crippen molar-refractivity contribution < 1.29 is 9.53 Å². The molecule has 1 amide bonds. The average molecular weight is 412 g/mol. The maximum absolute atomic E-state index is 13.6. The second kappa shape index (κ2) is 9.37. The second-order valence-electron chi connectivity index (χ2n) is 7.13. The standard InChI is InChI=1S/C23H29N3O2S/c1-6-25(7-2)12-13-26(22(27)19-14-16(3)8-9-17(19)4)23-24-20-15-18(28-5)10-11-21(20)29-23/h8-11,14-15H,6-7,12-13H2,1-5H3. The predicted molar refractivity (Wildman–Crippen MR) is 122 cm³/mol. The molecule has 0 unspecified atom stereocenters. The zero-order valence-corrected chi connectivity index (χ0v) is 18.7. The Morgan fingerprint density at radius 3 is 2.52 bits per heavy atom. The van der Waals surface area contributed by atoms with E-state index >= 15 is 0 Å². The number of methoxy groups -OCH3 is 1. The fraction of sp³-hybridized carbons (Fsp3) is 0.391. The Bertz CT molecular complexity index is 995. The van der Waals surface area contributed by atoms with Crippen molar-refractivity contribution in [1.82, 2.24) is 9.88 Å². The summed E-state index contributed by atoms with van der Waals surface area (Å²) in [6.07, 6.45) is 0. The summed E-state index contributed by atoms with van der Waals surface area (Å²) in [5.41, 5.74) is 3.65.